The largest absolute Gasteiger partial charge is 0.490 e. The van der Waals surface area contributed by atoms with E-state index in [9.17, 15) is 18.0 Å². The van der Waals surface area contributed by atoms with Gasteiger partial charge in [-0.1, -0.05) is 12.7 Å². The zero-order chi connectivity index (χ0) is 22.9. The molecule has 1 aromatic heterocycles. The summed E-state index contributed by atoms with van der Waals surface area (Å²) in [6.45, 7) is 5.69. The van der Waals surface area contributed by atoms with Gasteiger partial charge < -0.3 is 10.1 Å². The molecule has 0 radical (unpaired) electrons. The van der Waals surface area contributed by atoms with Gasteiger partial charge in [-0.2, -0.15) is 0 Å². The number of carbonyl (C=O) groups excluding carboxylic acids is 1. The number of aryl methyl sites for hydroxylation is 1. The van der Waals surface area contributed by atoms with Crippen LogP contribution >= 0.6 is 0 Å². The highest BCUT2D eigenvalue weighted by atomic mass is 32.2. The molecule has 1 saturated heterocycles. The third kappa shape index (κ3) is 4.43. The molecule has 0 aliphatic carbocycles. The van der Waals surface area contributed by atoms with E-state index in [-0.39, 0.29) is 29.0 Å². The second-order valence-electron chi connectivity index (χ2n) is 7.70. The second-order valence-corrected chi connectivity index (χ2v) is 9.93. The lowest BCUT2D eigenvalue weighted by Crippen LogP contribution is -2.35. The molecule has 9 heteroatoms. The number of aromatic nitrogens is 2. The molecule has 2 heterocycles. The Morgan fingerprint density at radius 2 is 2.03 bits per heavy atom. The van der Waals surface area contributed by atoms with E-state index >= 15 is 0 Å². The number of rotatable bonds is 6. The molecule has 1 aliphatic rings. The first kappa shape index (κ1) is 21.8. The highest BCUT2D eigenvalue weighted by molar-refractivity contribution is 7.91. The summed E-state index contributed by atoms with van der Waals surface area (Å²) >= 11 is 0. The first-order valence-corrected chi connectivity index (χ1v) is 12.0. The summed E-state index contributed by atoms with van der Waals surface area (Å²) in [5.41, 5.74) is 1.28. The van der Waals surface area contributed by atoms with Crippen molar-refractivity contribution in [2.24, 2.45) is 0 Å². The lowest BCUT2D eigenvalue weighted by molar-refractivity contribution is 0.0941. The molecule has 1 atom stereocenters. The molecular formula is C23H23N3O5S. The number of benzene rings is 2. The molecule has 4 rings (SSSR count). The molecule has 1 fully saturated rings. The van der Waals surface area contributed by atoms with E-state index in [0.717, 1.165) is 0 Å². The fraction of sp³-hybridized carbons (Fsp3) is 0.261. The monoisotopic (exact) mass is 453 g/mol. The third-order valence-electron chi connectivity index (χ3n) is 5.33. The maximum absolute atomic E-state index is 13.2. The van der Waals surface area contributed by atoms with Gasteiger partial charge in [-0.05, 0) is 55.8 Å². The van der Waals surface area contributed by atoms with E-state index in [1.54, 1.807) is 55.5 Å². The highest BCUT2D eigenvalue weighted by Gasteiger charge is 2.29. The minimum Gasteiger partial charge on any atom is -0.490 e. The fourth-order valence-electron chi connectivity index (χ4n) is 3.76. The van der Waals surface area contributed by atoms with Gasteiger partial charge in [0.05, 0.1) is 28.1 Å². The van der Waals surface area contributed by atoms with Crippen molar-refractivity contribution < 1.29 is 17.9 Å². The lowest BCUT2D eigenvalue weighted by Gasteiger charge is -2.13. The molecule has 0 unspecified atom stereocenters. The Labute approximate surface area is 185 Å². The number of hydrogen-bond acceptors (Lipinski definition) is 6. The minimum absolute atomic E-state index is 0.0350. The third-order valence-corrected chi connectivity index (χ3v) is 7.10. The van der Waals surface area contributed by atoms with Crippen LogP contribution in [0.1, 0.15) is 22.6 Å². The predicted molar refractivity (Wildman–Crippen MR) is 122 cm³/mol. The van der Waals surface area contributed by atoms with Gasteiger partial charge in [0.1, 0.15) is 18.2 Å². The van der Waals surface area contributed by atoms with Crippen molar-refractivity contribution in [1.29, 1.82) is 0 Å². The molecule has 3 aromatic rings. The first-order valence-electron chi connectivity index (χ1n) is 10.2. The summed E-state index contributed by atoms with van der Waals surface area (Å²) in [5.74, 6) is 0.771. The van der Waals surface area contributed by atoms with Gasteiger partial charge in [-0.15, -0.1) is 0 Å². The molecule has 2 aromatic carbocycles. The maximum Gasteiger partial charge on any atom is 0.266 e. The number of amides is 1. The van der Waals surface area contributed by atoms with Gasteiger partial charge in [0.2, 0.25) is 0 Å². The molecule has 0 bridgehead atoms. The van der Waals surface area contributed by atoms with E-state index in [4.69, 9.17) is 4.74 Å². The molecule has 8 nitrogen and oxygen atoms in total. The van der Waals surface area contributed by atoms with Crippen molar-refractivity contribution in [3.8, 4) is 11.4 Å². The fourth-order valence-corrected chi connectivity index (χ4v) is 5.44. The zero-order valence-electron chi connectivity index (χ0n) is 17.6. The van der Waals surface area contributed by atoms with Crippen LogP contribution in [0.25, 0.3) is 16.6 Å². The standard InChI is InChI=1S/C23H23N3O5S/c1-3-11-31-19-8-9-21-20(13-19)23(28)26(15(2)24-21)18-6-4-16(5-7-18)22(27)25-17-10-12-32(29,30)14-17/h3-9,13,17H,1,10-12,14H2,2H3,(H,25,27)/t17-/m1/s1. The molecular weight excluding hydrogens is 430 g/mol. The first-order chi connectivity index (χ1) is 15.3. The molecule has 32 heavy (non-hydrogen) atoms. The number of sulfone groups is 1. The van der Waals surface area contributed by atoms with Crippen LogP contribution < -0.4 is 15.6 Å². The second kappa shape index (κ2) is 8.58. The predicted octanol–water partition coefficient (Wildman–Crippen LogP) is 2.18. The summed E-state index contributed by atoms with van der Waals surface area (Å²) < 4.78 is 30.2. The summed E-state index contributed by atoms with van der Waals surface area (Å²) in [4.78, 5) is 30.2. The Balaban J connectivity index is 1.61. The maximum atomic E-state index is 13.2. The van der Waals surface area contributed by atoms with Crippen molar-refractivity contribution in [2.75, 3.05) is 18.1 Å². The topological polar surface area (TPSA) is 107 Å². The lowest BCUT2D eigenvalue weighted by atomic mass is 10.1. The van der Waals surface area contributed by atoms with Crippen LogP contribution in [-0.4, -0.2) is 48.0 Å². The van der Waals surface area contributed by atoms with Crippen LogP contribution in [-0.2, 0) is 9.84 Å². The van der Waals surface area contributed by atoms with Crippen molar-refractivity contribution in [3.63, 3.8) is 0 Å². The van der Waals surface area contributed by atoms with Gasteiger partial charge in [-0.3, -0.25) is 14.2 Å². The van der Waals surface area contributed by atoms with Crippen molar-refractivity contribution in [1.82, 2.24) is 14.9 Å². The smallest absolute Gasteiger partial charge is 0.266 e. The van der Waals surface area contributed by atoms with Crippen molar-refractivity contribution in [3.05, 3.63) is 76.9 Å². The highest BCUT2D eigenvalue weighted by Crippen LogP contribution is 2.19. The molecule has 1 amide bonds. The van der Waals surface area contributed by atoms with E-state index < -0.39 is 9.84 Å². The number of hydrogen-bond donors (Lipinski definition) is 1. The summed E-state index contributed by atoms with van der Waals surface area (Å²) in [7, 11) is -3.08. The van der Waals surface area contributed by atoms with E-state index in [1.165, 1.54) is 4.57 Å². The van der Waals surface area contributed by atoms with E-state index in [2.05, 4.69) is 16.9 Å². The number of ether oxygens (including phenoxy) is 1. The van der Waals surface area contributed by atoms with Gasteiger partial charge >= 0.3 is 0 Å². The molecule has 0 saturated carbocycles. The van der Waals surface area contributed by atoms with Crippen LogP contribution in [0.15, 0.2) is 59.9 Å². The molecule has 1 N–H and O–H groups in total. The Bertz CT molecular complexity index is 1360. The van der Waals surface area contributed by atoms with Crippen LogP contribution in [0, 0.1) is 6.92 Å². The Kier molecular flexibility index (Phi) is 5.84. The average Bonchev–Trinajstić information content (AvgIpc) is 3.11. The Morgan fingerprint density at radius 3 is 2.69 bits per heavy atom. The van der Waals surface area contributed by atoms with Gasteiger partial charge in [-0.25, -0.2) is 13.4 Å². The van der Waals surface area contributed by atoms with Gasteiger partial charge in [0, 0.05) is 11.6 Å². The summed E-state index contributed by atoms with van der Waals surface area (Å²) in [6, 6.07) is 11.3. The number of fused-ring (bicyclic) bond motifs is 1. The van der Waals surface area contributed by atoms with Crippen LogP contribution in [0.3, 0.4) is 0 Å². The SMILES string of the molecule is C=CCOc1ccc2nc(C)n(-c3ccc(C(=O)N[C@@H]4CCS(=O)(=O)C4)cc3)c(=O)c2c1. The minimum atomic E-state index is -3.08. The van der Waals surface area contributed by atoms with Crippen LogP contribution in [0.2, 0.25) is 0 Å². The Morgan fingerprint density at radius 1 is 1.28 bits per heavy atom. The normalized spacial score (nSPS) is 17.2. The molecule has 0 spiro atoms. The van der Waals surface area contributed by atoms with Crippen molar-refractivity contribution >= 4 is 26.6 Å². The van der Waals surface area contributed by atoms with Crippen LogP contribution in [0.5, 0.6) is 5.75 Å². The average molecular weight is 454 g/mol. The van der Waals surface area contributed by atoms with Gasteiger partial charge in [0.15, 0.2) is 9.84 Å². The number of carbonyl (C=O) groups is 1. The van der Waals surface area contributed by atoms with Gasteiger partial charge in [0.25, 0.3) is 11.5 Å². The number of nitrogens with zero attached hydrogens (tertiary/aromatic N) is 2. The molecule has 166 valence electrons. The van der Waals surface area contributed by atoms with E-state index in [0.29, 0.717) is 46.8 Å². The quantitative estimate of drug-likeness (QED) is 0.573. The van der Waals surface area contributed by atoms with Crippen molar-refractivity contribution in [2.45, 2.75) is 19.4 Å². The zero-order valence-corrected chi connectivity index (χ0v) is 18.4. The summed E-state index contributed by atoms with van der Waals surface area (Å²) in [5, 5.41) is 3.18. The van der Waals surface area contributed by atoms with Crippen LogP contribution in [0.4, 0.5) is 0 Å². The molecule has 1 aliphatic heterocycles. The Hall–Kier alpha value is -3.46. The van der Waals surface area contributed by atoms with E-state index in [1.807, 2.05) is 0 Å². The summed E-state index contributed by atoms with van der Waals surface area (Å²) in [6.07, 6.45) is 2.04. The number of nitrogens with one attached hydrogen (secondary N) is 1.